The van der Waals surface area contributed by atoms with Gasteiger partial charge in [0, 0.05) is 32.5 Å². The lowest BCUT2D eigenvalue weighted by Crippen LogP contribution is -2.52. The van der Waals surface area contributed by atoms with Crippen LogP contribution in [0.4, 0.5) is 0 Å². The molecule has 1 N–H and O–H groups in total. The topological polar surface area (TPSA) is 41.3 Å². The van der Waals surface area contributed by atoms with Crippen molar-refractivity contribution in [1.29, 1.82) is 0 Å². The highest BCUT2D eigenvalue weighted by Crippen LogP contribution is 2.44. The number of likely N-dealkylation sites (tertiary alicyclic amines) is 1. The summed E-state index contributed by atoms with van der Waals surface area (Å²) in [4.78, 5) is 6.97. The monoisotopic (exact) mass is 435 g/mol. The van der Waals surface area contributed by atoms with Crippen LogP contribution in [0.1, 0.15) is 28.9 Å². The van der Waals surface area contributed by atoms with Crippen molar-refractivity contribution in [3.05, 3.63) is 131 Å². The zero-order chi connectivity index (χ0) is 22.7. The second-order valence-corrected chi connectivity index (χ2v) is 8.65. The van der Waals surface area contributed by atoms with E-state index in [0.29, 0.717) is 13.0 Å². The highest BCUT2D eigenvalue weighted by molar-refractivity contribution is 5.52. The Labute approximate surface area is 195 Å². The number of benzene rings is 3. The first-order valence-corrected chi connectivity index (χ1v) is 11.5. The maximum atomic E-state index is 10.9. The summed E-state index contributed by atoms with van der Waals surface area (Å²) >= 11 is 0. The Balaban J connectivity index is 1.71. The summed E-state index contributed by atoms with van der Waals surface area (Å²) in [5.74, 6) is 0.857. The maximum absolute atomic E-state index is 10.9. The molecule has 0 saturated carbocycles. The number of aromatic nitrogens is 2. The first-order valence-electron chi connectivity index (χ1n) is 11.5. The van der Waals surface area contributed by atoms with Gasteiger partial charge in [0.25, 0.3) is 0 Å². The molecule has 4 aromatic rings. The molecule has 0 aliphatic carbocycles. The Hall–Kier alpha value is -3.47. The van der Waals surface area contributed by atoms with Crippen molar-refractivity contribution in [2.45, 2.75) is 18.1 Å². The van der Waals surface area contributed by atoms with Gasteiger partial charge in [-0.15, -0.1) is 0 Å². The third-order valence-corrected chi connectivity index (χ3v) is 6.70. The number of hydrogen-bond donors (Lipinski definition) is 1. The molecule has 33 heavy (non-hydrogen) atoms. The third-order valence-electron chi connectivity index (χ3n) is 6.70. The average Bonchev–Trinajstić information content (AvgIpc) is 3.28. The van der Waals surface area contributed by atoms with E-state index in [-0.39, 0.29) is 0 Å². The minimum atomic E-state index is -0.482. The second-order valence-electron chi connectivity index (χ2n) is 8.65. The summed E-state index contributed by atoms with van der Waals surface area (Å²) in [6.45, 7) is 1.42. The predicted molar refractivity (Wildman–Crippen MR) is 133 cm³/mol. The number of aliphatic hydroxyl groups excluding tert-OH is 1. The Bertz CT molecular complexity index is 1120. The zero-order valence-electron chi connectivity index (χ0n) is 18.9. The fourth-order valence-corrected chi connectivity index (χ4v) is 5.06. The van der Waals surface area contributed by atoms with Crippen LogP contribution in [0.2, 0.25) is 0 Å². The van der Waals surface area contributed by atoms with Crippen LogP contribution in [-0.2, 0) is 12.6 Å². The molecule has 1 unspecified atom stereocenters. The summed E-state index contributed by atoms with van der Waals surface area (Å²) in [6.07, 6.45) is 5.97. The van der Waals surface area contributed by atoms with Crippen LogP contribution in [0.15, 0.2) is 109 Å². The molecular formula is C29H29N3O. The second kappa shape index (κ2) is 9.18. The van der Waals surface area contributed by atoms with Crippen LogP contribution in [0.3, 0.4) is 0 Å². The molecule has 0 amide bonds. The van der Waals surface area contributed by atoms with Gasteiger partial charge in [-0.3, -0.25) is 4.90 Å². The Morgan fingerprint density at radius 3 is 1.82 bits per heavy atom. The van der Waals surface area contributed by atoms with E-state index in [2.05, 4.69) is 101 Å². The van der Waals surface area contributed by atoms with Crippen molar-refractivity contribution in [2.75, 3.05) is 13.1 Å². The van der Waals surface area contributed by atoms with E-state index in [4.69, 9.17) is 0 Å². The zero-order valence-corrected chi connectivity index (χ0v) is 18.9. The Kier molecular flexibility index (Phi) is 5.95. The molecule has 0 radical (unpaired) electrons. The minimum absolute atomic E-state index is 0.474. The van der Waals surface area contributed by atoms with Gasteiger partial charge in [0.05, 0.1) is 11.6 Å². The molecule has 1 atom stereocenters. The van der Waals surface area contributed by atoms with Crippen LogP contribution in [0.5, 0.6) is 0 Å². The molecule has 1 saturated heterocycles. The SMILES string of the molecule is Cn1ccnc1/C=C1/CN(C(c2ccccc2)(c2ccccc2)c2ccccc2)CCC1O. The first-order chi connectivity index (χ1) is 16.2. The van der Waals surface area contributed by atoms with E-state index in [9.17, 15) is 5.11 Å². The van der Waals surface area contributed by atoms with Gasteiger partial charge < -0.3 is 9.67 Å². The lowest BCUT2D eigenvalue weighted by molar-refractivity contribution is 0.0871. The molecule has 1 fully saturated rings. The standard InChI is InChI=1S/C29H29N3O/c1-31-20-18-30-28(31)21-23-22-32(19-17-27(23)33)29(24-11-5-2-6-12-24,25-13-7-3-8-14-25)26-15-9-4-10-16-26/h2-16,18,20-21,27,33H,17,19,22H2,1H3/b23-21-. The van der Waals surface area contributed by atoms with Crippen LogP contribution in [0.25, 0.3) is 6.08 Å². The summed E-state index contributed by atoms with van der Waals surface area (Å²) in [7, 11) is 1.98. The quantitative estimate of drug-likeness (QED) is 0.455. The Morgan fingerprint density at radius 1 is 0.848 bits per heavy atom. The van der Waals surface area contributed by atoms with Crippen LogP contribution >= 0.6 is 0 Å². The van der Waals surface area contributed by atoms with Crippen molar-refractivity contribution >= 4 is 6.08 Å². The van der Waals surface area contributed by atoms with Gasteiger partial charge in [-0.05, 0) is 34.8 Å². The molecule has 5 rings (SSSR count). The molecule has 4 heteroatoms. The van der Waals surface area contributed by atoms with Gasteiger partial charge in [0.1, 0.15) is 5.82 Å². The number of hydrogen-bond acceptors (Lipinski definition) is 3. The molecule has 2 heterocycles. The smallest absolute Gasteiger partial charge is 0.132 e. The van der Waals surface area contributed by atoms with Gasteiger partial charge in [-0.25, -0.2) is 4.98 Å². The largest absolute Gasteiger partial charge is 0.389 e. The average molecular weight is 436 g/mol. The molecule has 3 aromatic carbocycles. The van der Waals surface area contributed by atoms with E-state index in [0.717, 1.165) is 17.9 Å². The van der Waals surface area contributed by atoms with Crippen LogP contribution < -0.4 is 0 Å². The fraction of sp³-hybridized carbons (Fsp3) is 0.207. The van der Waals surface area contributed by atoms with Gasteiger partial charge in [0.15, 0.2) is 0 Å². The number of piperidine rings is 1. The van der Waals surface area contributed by atoms with Crippen molar-refractivity contribution < 1.29 is 5.11 Å². The van der Waals surface area contributed by atoms with Crippen molar-refractivity contribution in [3.63, 3.8) is 0 Å². The van der Waals surface area contributed by atoms with Gasteiger partial charge in [0.2, 0.25) is 0 Å². The van der Waals surface area contributed by atoms with Crippen molar-refractivity contribution in [3.8, 4) is 0 Å². The summed E-state index contributed by atoms with van der Waals surface area (Å²) < 4.78 is 1.98. The molecule has 1 aliphatic rings. The molecule has 1 aromatic heterocycles. The predicted octanol–water partition coefficient (Wildman–Crippen LogP) is 4.86. The van der Waals surface area contributed by atoms with Gasteiger partial charge >= 0.3 is 0 Å². The van der Waals surface area contributed by atoms with Gasteiger partial charge in [-0.2, -0.15) is 0 Å². The van der Waals surface area contributed by atoms with E-state index in [1.54, 1.807) is 6.20 Å². The number of aliphatic hydroxyl groups is 1. The number of imidazole rings is 1. The molecule has 1 aliphatic heterocycles. The summed E-state index contributed by atoms with van der Waals surface area (Å²) in [5.41, 5.74) is 4.16. The highest BCUT2D eigenvalue weighted by Gasteiger charge is 2.44. The van der Waals surface area contributed by atoms with Crippen molar-refractivity contribution in [1.82, 2.24) is 14.5 Å². The lowest BCUT2D eigenvalue weighted by Gasteiger charge is -2.48. The minimum Gasteiger partial charge on any atom is -0.389 e. The number of nitrogens with zero attached hydrogens (tertiary/aromatic N) is 3. The maximum Gasteiger partial charge on any atom is 0.132 e. The van der Waals surface area contributed by atoms with E-state index in [1.807, 2.05) is 23.9 Å². The Morgan fingerprint density at radius 2 is 1.36 bits per heavy atom. The normalized spacial score (nSPS) is 18.5. The molecule has 4 nitrogen and oxygen atoms in total. The fourth-order valence-electron chi connectivity index (χ4n) is 5.06. The van der Waals surface area contributed by atoms with E-state index < -0.39 is 11.6 Å². The van der Waals surface area contributed by atoms with Crippen LogP contribution in [-0.4, -0.2) is 38.8 Å². The lowest BCUT2D eigenvalue weighted by atomic mass is 9.74. The number of aryl methyl sites for hydroxylation is 1. The van der Waals surface area contributed by atoms with E-state index in [1.165, 1.54) is 16.7 Å². The van der Waals surface area contributed by atoms with E-state index >= 15 is 0 Å². The van der Waals surface area contributed by atoms with Crippen molar-refractivity contribution in [2.24, 2.45) is 7.05 Å². The summed E-state index contributed by atoms with van der Waals surface area (Å²) in [6, 6.07) is 32.2. The third kappa shape index (κ3) is 3.92. The number of rotatable bonds is 5. The molecule has 0 spiro atoms. The molecule has 0 bridgehead atoms. The molecular weight excluding hydrogens is 406 g/mol. The van der Waals surface area contributed by atoms with Gasteiger partial charge in [-0.1, -0.05) is 91.0 Å². The highest BCUT2D eigenvalue weighted by atomic mass is 16.3. The molecule has 166 valence electrons. The van der Waals surface area contributed by atoms with Crippen LogP contribution in [0, 0.1) is 0 Å². The first kappa shape index (κ1) is 21.4. The summed E-state index contributed by atoms with van der Waals surface area (Å²) in [5, 5.41) is 10.9.